The van der Waals surface area contributed by atoms with E-state index in [0.29, 0.717) is 0 Å². The van der Waals surface area contributed by atoms with Gasteiger partial charge in [-0.3, -0.25) is 0 Å². The average Bonchev–Trinajstić information content (AvgIpc) is 2.74. The topological polar surface area (TPSA) is 26.0 Å². The fraction of sp³-hybridized carbons (Fsp3) is 0.231. The van der Waals surface area contributed by atoms with E-state index < -0.39 is 0 Å². The fourth-order valence-corrected chi connectivity index (χ4v) is 2.76. The highest BCUT2D eigenvalue weighted by Gasteiger charge is 2.08. The molecule has 0 fully saturated rings. The van der Waals surface area contributed by atoms with E-state index in [0.717, 1.165) is 10.9 Å². The lowest BCUT2D eigenvalue weighted by atomic mass is 10.0. The van der Waals surface area contributed by atoms with Crippen molar-refractivity contribution in [1.82, 2.24) is 0 Å². The summed E-state index contributed by atoms with van der Waals surface area (Å²) < 4.78 is 1.13. The van der Waals surface area contributed by atoms with E-state index in [-0.39, 0.29) is 6.04 Å². The van der Waals surface area contributed by atoms with Crippen LogP contribution in [0.15, 0.2) is 40.2 Å². The largest absolute Gasteiger partial charge is 0.324 e. The van der Waals surface area contributed by atoms with E-state index in [1.54, 1.807) is 11.3 Å². The molecule has 0 amide bonds. The van der Waals surface area contributed by atoms with Gasteiger partial charge in [0.2, 0.25) is 0 Å². The zero-order valence-electron chi connectivity index (χ0n) is 9.11. The quantitative estimate of drug-likeness (QED) is 0.908. The molecule has 0 aliphatic heterocycles. The molecule has 0 aliphatic carbocycles. The molecular formula is C13H14BrNS. The molecular weight excluding hydrogens is 282 g/mol. The number of thiophene rings is 1. The summed E-state index contributed by atoms with van der Waals surface area (Å²) in [6, 6.07) is 10.6. The van der Waals surface area contributed by atoms with Crippen molar-refractivity contribution in [2.75, 3.05) is 0 Å². The van der Waals surface area contributed by atoms with Gasteiger partial charge in [0.25, 0.3) is 0 Å². The van der Waals surface area contributed by atoms with E-state index >= 15 is 0 Å². The zero-order chi connectivity index (χ0) is 11.5. The molecule has 0 radical (unpaired) electrons. The molecule has 84 valence electrons. The second kappa shape index (κ2) is 5.13. The summed E-state index contributed by atoms with van der Waals surface area (Å²) in [5.74, 6) is 0. The summed E-state index contributed by atoms with van der Waals surface area (Å²) in [7, 11) is 0. The summed E-state index contributed by atoms with van der Waals surface area (Å²) in [5.41, 5.74) is 8.62. The van der Waals surface area contributed by atoms with Crippen molar-refractivity contribution in [3.63, 3.8) is 0 Å². The first-order valence-corrected chi connectivity index (χ1v) is 6.88. The van der Waals surface area contributed by atoms with Gasteiger partial charge in [-0.15, -0.1) is 11.3 Å². The van der Waals surface area contributed by atoms with E-state index in [2.05, 4.69) is 58.6 Å². The first kappa shape index (κ1) is 11.8. The smallest absolute Gasteiger partial charge is 0.0344 e. The van der Waals surface area contributed by atoms with Crippen molar-refractivity contribution >= 4 is 27.3 Å². The number of hydrogen-bond donors (Lipinski definition) is 1. The molecule has 2 N–H and O–H groups in total. The molecule has 0 bridgehead atoms. The molecule has 2 rings (SSSR count). The molecule has 0 aliphatic rings. The van der Waals surface area contributed by atoms with Crippen LogP contribution in [0.25, 0.3) is 0 Å². The third-order valence-electron chi connectivity index (χ3n) is 2.63. The molecule has 0 spiro atoms. The Labute approximate surface area is 108 Å². The van der Waals surface area contributed by atoms with Gasteiger partial charge in [0.05, 0.1) is 0 Å². The Hall–Kier alpha value is -0.640. The van der Waals surface area contributed by atoms with Crippen molar-refractivity contribution in [1.29, 1.82) is 0 Å². The van der Waals surface area contributed by atoms with Gasteiger partial charge in [-0.25, -0.2) is 0 Å². The lowest BCUT2D eigenvalue weighted by Crippen LogP contribution is -2.12. The summed E-state index contributed by atoms with van der Waals surface area (Å²) in [6.45, 7) is 2.08. The van der Waals surface area contributed by atoms with Gasteiger partial charge in [0.1, 0.15) is 0 Å². The first-order valence-electron chi connectivity index (χ1n) is 5.21. The molecule has 1 nitrogen and oxygen atoms in total. The summed E-state index contributed by atoms with van der Waals surface area (Å²) >= 11 is 5.30. The normalized spacial score (nSPS) is 12.7. The molecule has 2 aromatic rings. The van der Waals surface area contributed by atoms with Gasteiger partial charge < -0.3 is 5.73 Å². The summed E-state index contributed by atoms with van der Waals surface area (Å²) in [4.78, 5) is 1.34. The number of nitrogens with two attached hydrogens (primary N) is 1. The number of halogens is 1. The first-order chi connectivity index (χ1) is 7.66. The Morgan fingerprint density at radius 1 is 1.38 bits per heavy atom. The Morgan fingerprint density at radius 2 is 2.19 bits per heavy atom. The van der Waals surface area contributed by atoms with Crippen molar-refractivity contribution < 1.29 is 0 Å². The maximum Gasteiger partial charge on any atom is 0.0344 e. The predicted octanol–water partition coefficient (Wildman–Crippen LogP) is 4.06. The highest BCUT2D eigenvalue weighted by atomic mass is 79.9. The van der Waals surface area contributed by atoms with Crippen LogP contribution < -0.4 is 5.73 Å². The average molecular weight is 296 g/mol. The van der Waals surface area contributed by atoms with Crippen molar-refractivity contribution in [2.24, 2.45) is 5.73 Å². The number of rotatable bonds is 3. The molecule has 16 heavy (non-hydrogen) atoms. The van der Waals surface area contributed by atoms with Gasteiger partial charge in [0.15, 0.2) is 0 Å². The Morgan fingerprint density at radius 3 is 2.81 bits per heavy atom. The minimum Gasteiger partial charge on any atom is -0.324 e. The van der Waals surface area contributed by atoms with Crippen molar-refractivity contribution in [2.45, 2.75) is 19.4 Å². The van der Waals surface area contributed by atoms with Gasteiger partial charge in [-0.1, -0.05) is 34.1 Å². The SMILES string of the molecule is Cc1ccc(C(N)Cc2cccs2)cc1Br. The van der Waals surface area contributed by atoms with Crippen LogP contribution >= 0.6 is 27.3 Å². The molecule has 1 atom stereocenters. The van der Waals surface area contributed by atoms with Gasteiger partial charge in [0, 0.05) is 21.8 Å². The maximum absolute atomic E-state index is 6.19. The van der Waals surface area contributed by atoms with Crippen LogP contribution in [0.2, 0.25) is 0 Å². The molecule has 3 heteroatoms. The van der Waals surface area contributed by atoms with Crippen LogP contribution in [-0.2, 0) is 6.42 Å². The Balaban J connectivity index is 2.14. The summed E-state index contributed by atoms with van der Waals surface area (Å²) in [5, 5.41) is 2.09. The molecule has 0 saturated heterocycles. The molecule has 0 saturated carbocycles. The van der Waals surface area contributed by atoms with Crippen LogP contribution in [0, 0.1) is 6.92 Å². The van der Waals surface area contributed by atoms with E-state index in [4.69, 9.17) is 5.73 Å². The highest BCUT2D eigenvalue weighted by molar-refractivity contribution is 9.10. The minimum atomic E-state index is 0.0792. The van der Waals surface area contributed by atoms with Gasteiger partial charge in [-0.05, 0) is 35.6 Å². The predicted molar refractivity (Wildman–Crippen MR) is 73.8 cm³/mol. The highest BCUT2D eigenvalue weighted by Crippen LogP contribution is 2.24. The zero-order valence-corrected chi connectivity index (χ0v) is 11.5. The molecule has 1 aromatic heterocycles. The van der Waals surface area contributed by atoms with Crippen LogP contribution in [0.3, 0.4) is 0 Å². The monoisotopic (exact) mass is 295 g/mol. The second-order valence-corrected chi connectivity index (χ2v) is 5.79. The Kier molecular flexibility index (Phi) is 3.79. The van der Waals surface area contributed by atoms with Crippen LogP contribution in [-0.4, -0.2) is 0 Å². The molecule has 1 aromatic carbocycles. The van der Waals surface area contributed by atoms with E-state index in [9.17, 15) is 0 Å². The second-order valence-electron chi connectivity index (χ2n) is 3.90. The van der Waals surface area contributed by atoms with Crippen LogP contribution in [0.5, 0.6) is 0 Å². The fourth-order valence-electron chi connectivity index (χ4n) is 1.60. The van der Waals surface area contributed by atoms with Crippen molar-refractivity contribution in [3.8, 4) is 0 Å². The number of aryl methyl sites for hydroxylation is 1. The minimum absolute atomic E-state index is 0.0792. The Bertz CT molecular complexity index is 465. The third-order valence-corrected chi connectivity index (χ3v) is 4.38. The third kappa shape index (κ3) is 2.73. The van der Waals surface area contributed by atoms with Gasteiger partial charge >= 0.3 is 0 Å². The lowest BCUT2D eigenvalue weighted by molar-refractivity contribution is 0.729. The standard InChI is InChI=1S/C13H14BrNS/c1-9-4-5-10(7-12(9)14)13(15)8-11-3-2-6-16-11/h2-7,13H,8,15H2,1H3. The number of benzene rings is 1. The van der Waals surface area contributed by atoms with Crippen LogP contribution in [0.4, 0.5) is 0 Å². The van der Waals surface area contributed by atoms with Crippen molar-refractivity contribution in [3.05, 3.63) is 56.2 Å². The molecule has 1 unspecified atom stereocenters. The van der Waals surface area contributed by atoms with E-state index in [1.807, 2.05) is 0 Å². The maximum atomic E-state index is 6.19. The number of hydrogen-bond acceptors (Lipinski definition) is 2. The summed E-state index contributed by atoms with van der Waals surface area (Å²) in [6.07, 6.45) is 0.910. The van der Waals surface area contributed by atoms with Crippen LogP contribution in [0.1, 0.15) is 22.0 Å². The van der Waals surface area contributed by atoms with E-state index in [1.165, 1.54) is 16.0 Å². The molecule has 1 heterocycles. The van der Waals surface area contributed by atoms with Gasteiger partial charge in [-0.2, -0.15) is 0 Å². The lowest BCUT2D eigenvalue weighted by Gasteiger charge is -2.12.